The number of ketones is 1. The van der Waals surface area contributed by atoms with Crippen molar-refractivity contribution in [2.24, 2.45) is 0 Å². The van der Waals surface area contributed by atoms with Crippen LogP contribution < -0.4 is 14.5 Å². The number of benzene rings is 1. The average Bonchev–Trinajstić information content (AvgIpc) is 3.39. The van der Waals surface area contributed by atoms with Gasteiger partial charge in [0.25, 0.3) is 0 Å². The Balaban J connectivity index is 1.18. The summed E-state index contributed by atoms with van der Waals surface area (Å²) >= 11 is 0. The molecule has 3 fully saturated rings. The highest BCUT2D eigenvalue weighted by atomic mass is 16.5. The van der Waals surface area contributed by atoms with Crippen molar-refractivity contribution >= 4 is 17.5 Å². The maximum atomic E-state index is 11.4. The van der Waals surface area contributed by atoms with E-state index in [1.807, 2.05) is 24.4 Å². The fourth-order valence-electron chi connectivity index (χ4n) is 5.09. The summed E-state index contributed by atoms with van der Waals surface area (Å²) in [6.45, 7) is 7.23. The van der Waals surface area contributed by atoms with E-state index in [2.05, 4.69) is 33.8 Å². The van der Waals surface area contributed by atoms with E-state index in [1.54, 1.807) is 6.92 Å². The topological polar surface area (TPSA) is 67.8 Å². The molecule has 1 aromatic carbocycles. The first kappa shape index (κ1) is 21.2. The zero-order chi connectivity index (χ0) is 22.1. The number of morpholine rings is 1. The van der Waals surface area contributed by atoms with E-state index in [9.17, 15) is 4.79 Å². The van der Waals surface area contributed by atoms with Gasteiger partial charge in [-0.25, -0.2) is 4.98 Å². The Morgan fingerprint density at radius 2 is 1.84 bits per heavy atom. The summed E-state index contributed by atoms with van der Waals surface area (Å²) in [6, 6.07) is 10.2. The van der Waals surface area contributed by atoms with Crippen LogP contribution in [0.2, 0.25) is 0 Å². The Labute approximate surface area is 189 Å². The fraction of sp³-hybridized carbons (Fsp3) is 0.560. The molecule has 3 saturated heterocycles. The van der Waals surface area contributed by atoms with Gasteiger partial charge >= 0.3 is 0 Å². The lowest BCUT2D eigenvalue weighted by atomic mass is 9.96. The second kappa shape index (κ2) is 9.06. The predicted molar refractivity (Wildman–Crippen MR) is 124 cm³/mol. The molecule has 4 atom stereocenters. The normalized spacial score (nSPS) is 25.8. The third kappa shape index (κ3) is 4.72. The molecule has 3 aliphatic rings. The van der Waals surface area contributed by atoms with E-state index >= 15 is 0 Å². The summed E-state index contributed by atoms with van der Waals surface area (Å²) in [5.41, 5.74) is 1.17. The van der Waals surface area contributed by atoms with Crippen molar-refractivity contribution in [2.75, 3.05) is 36.0 Å². The number of rotatable bonds is 7. The number of Topliss-reactive ketones (excluding diaryl/α,β-unsaturated/α-hetero) is 1. The van der Waals surface area contributed by atoms with Crippen LogP contribution in [0.15, 0.2) is 36.5 Å². The molecule has 0 unspecified atom stereocenters. The van der Waals surface area contributed by atoms with Crippen molar-refractivity contribution in [2.45, 2.75) is 63.8 Å². The first-order chi connectivity index (χ1) is 15.5. The summed E-state index contributed by atoms with van der Waals surface area (Å²) in [4.78, 5) is 25.3. The minimum absolute atomic E-state index is 0.133. The van der Waals surface area contributed by atoms with Crippen LogP contribution in [0.1, 0.15) is 51.0 Å². The zero-order valence-corrected chi connectivity index (χ0v) is 18.9. The number of carbonyl (C=O) groups excluding carboxylic acids is 1. The molecule has 7 heteroatoms. The van der Waals surface area contributed by atoms with Crippen molar-refractivity contribution in [3.8, 4) is 5.75 Å². The maximum absolute atomic E-state index is 11.4. The van der Waals surface area contributed by atoms with Crippen LogP contribution in [-0.4, -0.2) is 60.2 Å². The number of hydrogen-bond acceptors (Lipinski definition) is 7. The highest BCUT2D eigenvalue weighted by Crippen LogP contribution is 2.30. The molecule has 5 rings (SSSR count). The van der Waals surface area contributed by atoms with E-state index in [1.165, 1.54) is 5.56 Å². The lowest BCUT2D eigenvalue weighted by Crippen LogP contribution is -2.43. The Morgan fingerprint density at radius 3 is 2.56 bits per heavy atom. The number of hydrogen-bond donors (Lipinski definition) is 0. The van der Waals surface area contributed by atoms with Gasteiger partial charge in [-0.1, -0.05) is 19.1 Å². The third-order valence-corrected chi connectivity index (χ3v) is 6.77. The Kier molecular flexibility index (Phi) is 6.00. The first-order valence-corrected chi connectivity index (χ1v) is 11.8. The Morgan fingerprint density at radius 1 is 1.09 bits per heavy atom. The number of anilines is 2. The van der Waals surface area contributed by atoms with Gasteiger partial charge in [0.2, 0.25) is 5.95 Å². The summed E-state index contributed by atoms with van der Waals surface area (Å²) in [5, 5.41) is 0. The van der Waals surface area contributed by atoms with Crippen LogP contribution >= 0.6 is 0 Å². The first-order valence-electron chi connectivity index (χ1n) is 11.8. The monoisotopic (exact) mass is 436 g/mol. The summed E-state index contributed by atoms with van der Waals surface area (Å²) in [7, 11) is 0. The van der Waals surface area contributed by atoms with Crippen molar-refractivity contribution in [3.05, 3.63) is 42.1 Å². The highest BCUT2D eigenvalue weighted by molar-refractivity contribution is 5.76. The van der Waals surface area contributed by atoms with Crippen molar-refractivity contribution in [3.63, 3.8) is 0 Å². The molecule has 0 N–H and O–H groups in total. The van der Waals surface area contributed by atoms with Gasteiger partial charge in [-0.15, -0.1) is 0 Å². The maximum Gasteiger partial charge on any atom is 0.227 e. The van der Waals surface area contributed by atoms with Crippen LogP contribution in [0.5, 0.6) is 5.75 Å². The molecule has 0 spiro atoms. The molecule has 3 aliphatic heterocycles. The van der Waals surface area contributed by atoms with Crippen LogP contribution in [0.25, 0.3) is 0 Å². The number of ether oxygens (including phenoxy) is 2. The molecule has 0 aliphatic carbocycles. The van der Waals surface area contributed by atoms with Crippen molar-refractivity contribution in [1.82, 2.24) is 9.97 Å². The SMILES string of the molecule is CC(=O)C[C@@H](C)c1ccc(O[C@@H]2CCN(c3ccnc(N4C[C@@H]5CC[C@@H](C4)O5)n3)C2)cc1. The van der Waals surface area contributed by atoms with Gasteiger partial charge in [0.05, 0.1) is 18.8 Å². The molecular weight excluding hydrogens is 404 g/mol. The van der Waals surface area contributed by atoms with E-state index < -0.39 is 0 Å². The second-order valence-corrected chi connectivity index (χ2v) is 9.43. The zero-order valence-electron chi connectivity index (χ0n) is 18.9. The van der Waals surface area contributed by atoms with Crippen LogP contribution in [0.4, 0.5) is 11.8 Å². The summed E-state index contributed by atoms with van der Waals surface area (Å²) < 4.78 is 12.2. The molecular formula is C25H32N4O3. The molecule has 4 heterocycles. The molecule has 170 valence electrons. The average molecular weight is 437 g/mol. The molecule has 32 heavy (non-hydrogen) atoms. The lowest BCUT2D eigenvalue weighted by molar-refractivity contribution is -0.117. The highest BCUT2D eigenvalue weighted by Gasteiger charge is 2.35. The Hall–Kier alpha value is -2.67. The quantitative estimate of drug-likeness (QED) is 0.657. The number of carbonyl (C=O) groups is 1. The van der Waals surface area contributed by atoms with Gasteiger partial charge in [-0.2, -0.15) is 4.98 Å². The molecule has 0 amide bonds. The van der Waals surface area contributed by atoms with Gasteiger partial charge in [0.1, 0.15) is 23.5 Å². The van der Waals surface area contributed by atoms with Gasteiger partial charge in [0, 0.05) is 38.7 Å². The smallest absolute Gasteiger partial charge is 0.227 e. The van der Waals surface area contributed by atoms with Gasteiger partial charge in [-0.05, 0) is 49.4 Å². The van der Waals surface area contributed by atoms with Gasteiger partial charge in [0.15, 0.2) is 0 Å². The summed E-state index contributed by atoms with van der Waals surface area (Å²) in [6.07, 6.45) is 6.46. The summed E-state index contributed by atoms with van der Waals surface area (Å²) in [5.74, 6) is 3.10. The van der Waals surface area contributed by atoms with Gasteiger partial charge < -0.3 is 24.1 Å². The standard InChI is InChI=1S/C25H32N4O3/c1-17(13-18(2)30)19-3-5-20(6-4-19)31-23-10-12-28(14-23)24-9-11-26-25(27-24)29-15-21-7-8-22(16-29)32-21/h3-6,9,11,17,21-23H,7-8,10,12-16H2,1-2H3/t17-,21+,22+,23-/m1/s1. The van der Waals surface area contributed by atoms with Crippen LogP contribution in [0.3, 0.4) is 0 Å². The van der Waals surface area contributed by atoms with E-state index in [0.29, 0.717) is 18.6 Å². The third-order valence-electron chi connectivity index (χ3n) is 6.77. The minimum Gasteiger partial charge on any atom is -0.489 e. The molecule has 2 bridgehead atoms. The van der Waals surface area contributed by atoms with Crippen LogP contribution in [0, 0.1) is 0 Å². The largest absolute Gasteiger partial charge is 0.489 e. The molecule has 0 radical (unpaired) electrons. The molecule has 7 nitrogen and oxygen atoms in total. The molecule has 1 aromatic heterocycles. The van der Waals surface area contributed by atoms with E-state index in [4.69, 9.17) is 14.5 Å². The van der Waals surface area contributed by atoms with Crippen molar-refractivity contribution < 1.29 is 14.3 Å². The number of nitrogens with zero attached hydrogens (tertiary/aromatic N) is 4. The van der Waals surface area contributed by atoms with E-state index in [0.717, 1.165) is 63.0 Å². The minimum atomic E-state index is 0.133. The second-order valence-electron chi connectivity index (χ2n) is 9.43. The number of aromatic nitrogens is 2. The van der Waals surface area contributed by atoms with Crippen LogP contribution in [-0.2, 0) is 9.53 Å². The molecule has 0 saturated carbocycles. The molecule has 2 aromatic rings. The van der Waals surface area contributed by atoms with E-state index in [-0.39, 0.29) is 17.8 Å². The van der Waals surface area contributed by atoms with Gasteiger partial charge in [-0.3, -0.25) is 0 Å². The lowest BCUT2D eigenvalue weighted by Gasteiger charge is -2.32. The predicted octanol–water partition coefficient (Wildman–Crippen LogP) is 3.58. The fourth-order valence-corrected chi connectivity index (χ4v) is 5.09. The number of fused-ring (bicyclic) bond motifs is 2. The van der Waals surface area contributed by atoms with Crippen molar-refractivity contribution in [1.29, 1.82) is 0 Å². The Bertz CT molecular complexity index is 938.